The second-order valence-electron chi connectivity index (χ2n) is 10.9. The van der Waals surface area contributed by atoms with Gasteiger partial charge in [-0.2, -0.15) is 5.26 Å². The third-order valence-electron chi connectivity index (χ3n) is 8.18. The molecule has 0 atom stereocenters. The van der Waals surface area contributed by atoms with Gasteiger partial charge in [0.15, 0.2) is 6.20 Å². The highest BCUT2D eigenvalue weighted by molar-refractivity contribution is 6.14. The summed E-state index contributed by atoms with van der Waals surface area (Å²) in [4.78, 5) is 0. The molecule has 0 radical (unpaired) electrons. The fourth-order valence-electron chi connectivity index (χ4n) is 5.96. The zero-order valence-corrected chi connectivity index (χ0v) is 23.8. The van der Waals surface area contributed by atoms with Crippen LogP contribution in [-0.2, 0) is 7.05 Å². The molecule has 2 aromatic heterocycles. The first-order valence-corrected chi connectivity index (χ1v) is 14.1. The van der Waals surface area contributed by atoms with Gasteiger partial charge in [0.2, 0.25) is 5.69 Å². The van der Waals surface area contributed by atoms with Crippen LogP contribution in [0.1, 0.15) is 16.7 Å². The minimum atomic E-state index is 0.597. The van der Waals surface area contributed by atoms with E-state index >= 15 is 0 Å². The number of aryl methyl sites for hydroxylation is 3. The van der Waals surface area contributed by atoms with Crippen LogP contribution in [0.15, 0.2) is 126 Å². The molecule has 42 heavy (non-hydrogen) atoms. The number of aromatic nitrogens is 1. The van der Waals surface area contributed by atoms with Gasteiger partial charge in [-0.1, -0.05) is 84.9 Å². The number of pyridine rings is 1. The molecule has 0 unspecified atom stereocenters. The highest BCUT2D eigenvalue weighted by Gasteiger charge is 2.23. The van der Waals surface area contributed by atoms with E-state index in [1.807, 2.05) is 18.2 Å². The second-order valence-corrected chi connectivity index (χ2v) is 10.9. The van der Waals surface area contributed by atoms with Gasteiger partial charge >= 0.3 is 0 Å². The number of hydrogen-bond donors (Lipinski definition) is 0. The van der Waals surface area contributed by atoms with E-state index in [4.69, 9.17) is 4.42 Å². The third-order valence-corrected chi connectivity index (χ3v) is 8.18. The van der Waals surface area contributed by atoms with E-state index < -0.39 is 0 Å². The molecule has 0 aliphatic heterocycles. The zero-order valence-electron chi connectivity index (χ0n) is 23.8. The van der Waals surface area contributed by atoms with Gasteiger partial charge in [-0.05, 0) is 71.0 Å². The van der Waals surface area contributed by atoms with Gasteiger partial charge in [0.05, 0.1) is 17.2 Å². The van der Waals surface area contributed by atoms with Crippen LogP contribution < -0.4 is 4.57 Å². The third kappa shape index (κ3) is 4.26. The normalized spacial score (nSPS) is 11.2. The van der Waals surface area contributed by atoms with Gasteiger partial charge in [0.1, 0.15) is 18.2 Å². The van der Waals surface area contributed by atoms with Crippen molar-refractivity contribution in [2.24, 2.45) is 7.05 Å². The summed E-state index contributed by atoms with van der Waals surface area (Å²) in [6, 6.07) is 42.4. The molecular weight excluding hydrogens is 512 g/mol. The van der Waals surface area contributed by atoms with E-state index in [9.17, 15) is 5.26 Å². The van der Waals surface area contributed by atoms with Crippen molar-refractivity contribution in [2.45, 2.75) is 13.8 Å². The number of nitrogens with zero attached hydrogens (tertiary/aromatic N) is 2. The van der Waals surface area contributed by atoms with E-state index in [1.165, 1.54) is 16.7 Å². The van der Waals surface area contributed by atoms with Crippen molar-refractivity contribution in [3.05, 3.63) is 138 Å². The molecule has 5 aromatic carbocycles. The molecule has 0 N–H and O–H groups in total. The lowest BCUT2D eigenvalue weighted by molar-refractivity contribution is -0.660. The molecule has 0 amide bonds. The van der Waals surface area contributed by atoms with Crippen LogP contribution in [0.5, 0.6) is 0 Å². The van der Waals surface area contributed by atoms with Crippen LogP contribution in [-0.4, -0.2) is 0 Å². The molecule has 3 heteroatoms. The van der Waals surface area contributed by atoms with Crippen molar-refractivity contribution in [2.75, 3.05) is 0 Å². The standard InChI is InChI=1S/C39H29N2O/c1-25-20-21-41(3)35(22-25)36-26(2)12-18-33-34-19-17-32(24-40)37(39(34)42-38(33)36)29-15-13-28(14-16-29)31-11-7-10-30(23-31)27-8-5-4-6-9-27/h4-23H,1-3H3/q+1. The summed E-state index contributed by atoms with van der Waals surface area (Å²) in [5.74, 6) is 0. The monoisotopic (exact) mass is 541 g/mol. The van der Waals surface area contributed by atoms with Crippen molar-refractivity contribution >= 4 is 21.9 Å². The summed E-state index contributed by atoms with van der Waals surface area (Å²) in [6.07, 6.45) is 2.09. The van der Waals surface area contributed by atoms with Crippen LogP contribution >= 0.6 is 0 Å². The van der Waals surface area contributed by atoms with E-state index in [2.05, 4.69) is 135 Å². The molecule has 0 aliphatic rings. The predicted molar refractivity (Wildman–Crippen MR) is 171 cm³/mol. The van der Waals surface area contributed by atoms with Crippen LogP contribution in [0.3, 0.4) is 0 Å². The van der Waals surface area contributed by atoms with Crippen LogP contribution in [0.2, 0.25) is 0 Å². The lowest BCUT2D eigenvalue weighted by atomic mass is 9.94. The lowest BCUT2D eigenvalue weighted by Gasteiger charge is -2.09. The molecule has 0 bridgehead atoms. The smallest absolute Gasteiger partial charge is 0.216 e. The Morgan fingerprint density at radius 1 is 0.595 bits per heavy atom. The van der Waals surface area contributed by atoms with Crippen molar-refractivity contribution in [1.29, 1.82) is 5.26 Å². The molecule has 0 saturated carbocycles. The van der Waals surface area contributed by atoms with Crippen molar-refractivity contribution in [3.8, 4) is 50.7 Å². The number of furan rings is 1. The summed E-state index contributed by atoms with van der Waals surface area (Å²) in [7, 11) is 2.06. The topological polar surface area (TPSA) is 40.8 Å². The summed E-state index contributed by atoms with van der Waals surface area (Å²) in [6.45, 7) is 4.23. The summed E-state index contributed by atoms with van der Waals surface area (Å²) >= 11 is 0. The summed E-state index contributed by atoms with van der Waals surface area (Å²) < 4.78 is 8.89. The Morgan fingerprint density at radius 2 is 1.21 bits per heavy atom. The molecule has 7 aromatic rings. The van der Waals surface area contributed by atoms with Gasteiger partial charge < -0.3 is 4.42 Å². The van der Waals surface area contributed by atoms with Gasteiger partial charge in [-0.25, -0.2) is 4.57 Å². The number of fused-ring (bicyclic) bond motifs is 3. The van der Waals surface area contributed by atoms with Gasteiger partial charge in [0, 0.05) is 28.5 Å². The van der Waals surface area contributed by atoms with Crippen LogP contribution in [0, 0.1) is 25.2 Å². The van der Waals surface area contributed by atoms with Gasteiger partial charge in [-0.15, -0.1) is 0 Å². The van der Waals surface area contributed by atoms with E-state index in [-0.39, 0.29) is 0 Å². The Balaban J connectivity index is 1.38. The first kappa shape index (κ1) is 25.5. The SMILES string of the molecule is Cc1cc[n+](C)c(-c2c(C)ccc3c2oc2c(-c4ccc(-c5cccc(-c6ccccc6)c5)cc4)c(C#N)ccc23)c1. The maximum Gasteiger partial charge on any atom is 0.216 e. The second kappa shape index (κ2) is 10.2. The fourth-order valence-corrected chi connectivity index (χ4v) is 5.96. The number of rotatable bonds is 4. The van der Waals surface area contributed by atoms with E-state index in [1.54, 1.807) is 0 Å². The highest BCUT2D eigenvalue weighted by atomic mass is 16.3. The zero-order chi connectivity index (χ0) is 28.8. The molecule has 200 valence electrons. The molecule has 3 nitrogen and oxygen atoms in total. The van der Waals surface area contributed by atoms with E-state index in [0.717, 1.165) is 61.0 Å². The predicted octanol–water partition coefficient (Wildman–Crippen LogP) is 9.57. The Kier molecular flexibility index (Phi) is 6.18. The van der Waals surface area contributed by atoms with Crippen molar-refractivity contribution < 1.29 is 8.98 Å². The fraction of sp³-hybridized carbons (Fsp3) is 0.0769. The Hall–Kier alpha value is -5.46. The molecule has 0 aliphatic carbocycles. The molecular formula is C39H29N2O+. The number of benzene rings is 5. The molecule has 7 rings (SSSR count). The van der Waals surface area contributed by atoms with E-state index in [0.29, 0.717) is 5.56 Å². The van der Waals surface area contributed by atoms with Gasteiger partial charge in [-0.3, -0.25) is 0 Å². The Bertz CT molecular complexity index is 2160. The summed E-state index contributed by atoms with van der Waals surface area (Å²) in [5.41, 5.74) is 13.1. The number of nitriles is 1. The molecule has 0 fully saturated rings. The first-order chi connectivity index (χ1) is 20.5. The molecule has 2 heterocycles. The highest BCUT2D eigenvalue weighted by Crippen LogP contribution is 2.42. The van der Waals surface area contributed by atoms with Crippen LogP contribution in [0.25, 0.3) is 66.6 Å². The Morgan fingerprint density at radius 3 is 1.93 bits per heavy atom. The minimum absolute atomic E-state index is 0.597. The van der Waals surface area contributed by atoms with Crippen molar-refractivity contribution in [3.63, 3.8) is 0 Å². The average Bonchev–Trinajstić information content (AvgIpc) is 3.41. The lowest BCUT2D eigenvalue weighted by Crippen LogP contribution is -2.30. The maximum atomic E-state index is 10.1. The quantitative estimate of drug-likeness (QED) is 0.208. The van der Waals surface area contributed by atoms with Gasteiger partial charge in [0.25, 0.3) is 0 Å². The maximum absolute atomic E-state index is 10.1. The van der Waals surface area contributed by atoms with Crippen molar-refractivity contribution in [1.82, 2.24) is 0 Å². The molecule has 0 saturated heterocycles. The largest absolute Gasteiger partial charge is 0.454 e. The molecule has 0 spiro atoms. The Labute approximate surface area is 245 Å². The van der Waals surface area contributed by atoms with Crippen LogP contribution in [0.4, 0.5) is 0 Å². The minimum Gasteiger partial charge on any atom is -0.454 e. The first-order valence-electron chi connectivity index (χ1n) is 14.1. The average molecular weight is 542 g/mol. The summed E-state index contributed by atoms with van der Waals surface area (Å²) in [5, 5.41) is 12.2. The number of hydrogen-bond acceptors (Lipinski definition) is 2.